The number of carbonyl (C=O) groups is 1. The van der Waals surface area contributed by atoms with E-state index in [9.17, 15) is 9.90 Å². The van der Waals surface area contributed by atoms with Crippen molar-refractivity contribution in [3.63, 3.8) is 0 Å². The molecule has 0 bridgehead atoms. The van der Waals surface area contributed by atoms with Gasteiger partial charge in [-0.25, -0.2) is 9.47 Å². The Balaban J connectivity index is 2.06. The molecule has 0 radical (unpaired) electrons. The third-order valence-corrected chi connectivity index (χ3v) is 3.77. The molecule has 0 fully saturated rings. The van der Waals surface area contributed by atoms with Gasteiger partial charge in [-0.2, -0.15) is 0 Å². The van der Waals surface area contributed by atoms with Crippen LogP contribution in [0.25, 0.3) is 21.9 Å². The molecule has 0 saturated carbocycles. The van der Waals surface area contributed by atoms with Gasteiger partial charge in [0.2, 0.25) is 0 Å². The summed E-state index contributed by atoms with van der Waals surface area (Å²) in [5, 5.41) is 18.5. The third kappa shape index (κ3) is 1.70. The van der Waals surface area contributed by atoms with Gasteiger partial charge in [-0.05, 0) is 42.0 Å². The second-order valence-electron chi connectivity index (χ2n) is 5.16. The van der Waals surface area contributed by atoms with Crippen LogP contribution in [0.4, 0.5) is 0 Å². The van der Waals surface area contributed by atoms with Crippen LogP contribution in [-0.4, -0.2) is 30.9 Å². The zero-order valence-corrected chi connectivity index (χ0v) is 11.8. The van der Waals surface area contributed by atoms with Gasteiger partial charge in [0.05, 0.1) is 11.1 Å². The predicted octanol–water partition coefficient (Wildman–Crippen LogP) is 2.70. The average molecular weight is 292 g/mol. The van der Waals surface area contributed by atoms with Gasteiger partial charge >= 0.3 is 5.97 Å². The Morgan fingerprint density at radius 1 is 1.14 bits per heavy atom. The fourth-order valence-electron chi connectivity index (χ4n) is 2.68. The normalized spacial score (nSPS) is 11.3. The minimum atomic E-state index is -0.948. The maximum Gasteiger partial charge on any atom is 0.335 e. The highest BCUT2D eigenvalue weighted by Crippen LogP contribution is 2.23. The number of rotatable bonds is 2. The molecule has 0 amide bonds. The zero-order chi connectivity index (χ0) is 15.3. The minimum Gasteiger partial charge on any atom is -0.478 e. The van der Waals surface area contributed by atoms with Crippen molar-refractivity contribution in [2.45, 2.75) is 6.92 Å². The number of aromatic nitrogens is 4. The molecule has 2 heterocycles. The number of hydrogen-bond donors (Lipinski definition) is 1. The number of hydrogen-bond acceptors (Lipinski definition) is 3. The Morgan fingerprint density at radius 3 is 2.77 bits per heavy atom. The molecule has 0 aliphatic carbocycles. The van der Waals surface area contributed by atoms with E-state index in [1.165, 1.54) is 0 Å². The molecular weight excluding hydrogens is 280 g/mol. The van der Waals surface area contributed by atoms with E-state index in [2.05, 4.69) is 10.3 Å². The maximum absolute atomic E-state index is 11.2. The maximum atomic E-state index is 11.2. The highest BCUT2D eigenvalue weighted by Gasteiger charge is 2.13. The number of aromatic carboxylic acids is 1. The molecule has 0 aliphatic rings. The summed E-state index contributed by atoms with van der Waals surface area (Å²) in [6, 6.07) is 12.7. The molecule has 0 aliphatic heterocycles. The summed E-state index contributed by atoms with van der Waals surface area (Å²) in [4.78, 5) is 12.9. The Bertz CT molecular complexity index is 1030. The molecule has 0 unspecified atom stereocenters. The van der Waals surface area contributed by atoms with Crippen LogP contribution in [0.1, 0.15) is 15.9 Å². The molecule has 6 nitrogen and oxygen atoms in total. The molecule has 0 spiro atoms. The quantitative estimate of drug-likeness (QED) is 0.616. The summed E-state index contributed by atoms with van der Waals surface area (Å²) in [6.07, 6.45) is 1.93. The van der Waals surface area contributed by atoms with Crippen molar-refractivity contribution in [2.75, 3.05) is 0 Å². The first kappa shape index (κ1) is 12.6. The van der Waals surface area contributed by atoms with Crippen LogP contribution in [0.15, 0.2) is 48.7 Å². The van der Waals surface area contributed by atoms with Crippen LogP contribution in [0.2, 0.25) is 0 Å². The highest BCUT2D eigenvalue weighted by atomic mass is 16.4. The summed E-state index contributed by atoms with van der Waals surface area (Å²) >= 11 is 0. The molecule has 6 heteroatoms. The topological polar surface area (TPSA) is 72.9 Å². The molecule has 1 N–H and O–H groups in total. The second-order valence-corrected chi connectivity index (χ2v) is 5.16. The van der Waals surface area contributed by atoms with Crippen molar-refractivity contribution in [3.8, 4) is 0 Å². The standard InChI is InChI=1S/C16H12N4O2/c1-10-9-19(15-8-11(16(21)22)6-7-12(10)15)20-14-5-3-2-4-13(14)17-18-20/h2-9H,1H3,(H,21,22). The second kappa shape index (κ2) is 4.42. The van der Waals surface area contributed by atoms with E-state index in [-0.39, 0.29) is 5.56 Å². The minimum absolute atomic E-state index is 0.247. The summed E-state index contributed by atoms with van der Waals surface area (Å²) in [5.41, 5.74) is 3.73. The Hall–Kier alpha value is -3.15. The van der Waals surface area contributed by atoms with Crippen molar-refractivity contribution in [1.29, 1.82) is 0 Å². The Morgan fingerprint density at radius 2 is 1.95 bits per heavy atom. The molecule has 108 valence electrons. The van der Waals surface area contributed by atoms with Gasteiger partial charge in [-0.15, -0.1) is 9.89 Å². The van der Waals surface area contributed by atoms with Crippen molar-refractivity contribution < 1.29 is 9.90 Å². The summed E-state index contributed by atoms with van der Waals surface area (Å²) in [6.45, 7) is 1.98. The van der Waals surface area contributed by atoms with Crippen LogP contribution >= 0.6 is 0 Å². The lowest BCUT2D eigenvalue weighted by Gasteiger charge is -2.06. The molecular formula is C16H12N4O2. The fraction of sp³-hybridized carbons (Fsp3) is 0.0625. The first-order valence-corrected chi connectivity index (χ1v) is 6.81. The van der Waals surface area contributed by atoms with E-state index in [1.54, 1.807) is 16.9 Å². The van der Waals surface area contributed by atoms with Crippen molar-refractivity contribution in [1.82, 2.24) is 19.8 Å². The van der Waals surface area contributed by atoms with Crippen molar-refractivity contribution in [2.24, 2.45) is 0 Å². The first-order valence-electron chi connectivity index (χ1n) is 6.81. The smallest absolute Gasteiger partial charge is 0.335 e. The lowest BCUT2D eigenvalue weighted by Crippen LogP contribution is -2.10. The van der Waals surface area contributed by atoms with Gasteiger partial charge in [0, 0.05) is 11.6 Å². The number of carboxylic acids is 1. The number of nitrogens with zero attached hydrogens (tertiary/aromatic N) is 4. The van der Waals surface area contributed by atoms with E-state index in [0.717, 1.165) is 27.5 Å². The number of para-hydroxylation sites is 1. The summed E-state index contributed by atoms with van der Waals surface area (Å²) < 4.78 is 1.83. The van der Waals surface area contributed by atoms with Crippen molar-refractivity contribution in [3.05, 3.63) is 59.8 Å². The van der Waals surface area contributed by atoms with Gasteiger partial charge in [0.25, 0.3) is 0 Å². The van der Waals surface area contributed by atoms with Gasteiger partial charge in [0.1, 0.15) is 11.0 Å². The molecule has 0 atom stereocenters. The van der Waals surface area contributed by atoms with Crippen LogP contribution < -0.4 is 0 Å². The SMILES string of the molecule is Cc1cn(-n2nnc3ccccc32)c2cc(C(=O)O)ccc12. The van der Waals surface area contributed by atoms with E-state index in [0.29, 0.717) is 0 Å². The lowest BCUT2D eigenvalue weighted by molar-refractivity contribution is 0.0697. The summed E-state index contributed by atoms with van der Waals surface area (Å²) in [7, 11) is 0. The highest BCUT2D eigenvalue weighted by molar-refractivity contribution is 5.94. The van der Waals surface area contributed by atoms with Crippen LogP contribution in [-0.2, 0) is 0 Å². The predicted molar refractivity (Wildman–Crippen MR) is 82.0 cm³/mol. The van der Waals surface area contributed by atoms with E-state index in [1.807, 2.05) is 48.1 Å². The van der Waals surface area contributed by atoms with E-state index < -0.39 is 5.97 Å². The fourth-order valence-corrected chi connectivity index (χ4v) is 2.68. The van der Waals surface area contributed by atoms with Gasteiger partial charge in [-0.1, -0.05) is 18.2 Å². The Labute approximate surface area is 125 Å². The Kier molecular flexibility index (Phi) is 2.53. The monoisotopic (exact) mass is 292 g/mol. The molecule has 4 aromatic rings. The first-order chi connectivity index (χ1) is 10.6. The molecule has 22 heavy (non-hydrogen) atoms. The van der Waals surface area contributed by atoms with Crippen LogP contribution in [0.3, 0.4) is 0 Å². The number of benzene rings is 2. The van der Waals surface area contributed by atoms with Gasteiger partial charge in [-0.3, -0.25) is 0 Å². The molecule has 0 saturated heterocycles. The molecule has 2 aromatic carbocycles. The number of carboxylic acid groups (broad SMARTS) is 1. The molecule has 4 rings (SSSR count). The van der Waals surface area contributed by atoms with Gasteiger partial charge < -0.3 is 5.11 Å². The number of aryl methyl sites for hydroxylation is 1. The average Bonchev–Trinajstić information content (AvgIpc) is 3.08. The van der Waals surface area contributed by atoms with Gasteiger partial charge in [0.15, 0.2) is 0 Å². The summed E-state index contributed by atoms with van der Waals surface area (Å²) in [5.74, 6) is -0.948. The van der Waals surface area contributed by atoms with Crippen molar-refractivity contribution >= 4 is 27.9 Å². The third-order valence-electron chi connectivity index (χ3n) is 3.77. The molecule has 2 aromatic heterocycles. The number of fused-ring (bicyclic) bond motifs is 2. The lowest BCUT2D eigenvalue weighted by atomic mass is 10.1. The van der Waals surface area contributed by atoms with Crippen LogP contribution in [0.5, 0.6) is 0 Å². The largest absolute Gasteiger partial charge is 0.478 e. The zero-order valence-electron chi connectivity index (χ0n) is 11.8. The van der Waals surface area contributed by atoms with E-state index in [4.69, 9.17) is 0 Å². The van der Waals surface area contributed by atoms with Crippen LogP contribution in [0, 0.1) is 6.92 Å². The van der Waals surface area contributed by atoms with E-state index >= 15 is 0 Å².